The van der Waals surface area contributed by atoms with Gasteiger partial charge in [0.05, 0.1) is 0 Å². The van der Waals surface area contributed by atoms with Gasteiger partial charge < -0.3 is 10.1 Å². The van der Waals surface area contributed by atoms with Crippen LogP contribution < -0.4 is 0 Å². The topological polar surface area (TPSA) is 61.8 Å². The van der Waals surface area contributed by atoms with E-state index in [9.17, 15) is 5.11 Å². The van der Waals surface area contributed by atoms with Crippen LogP contribution in [0.5, 0.6) is 0 Å². The molecular formula is C10H13N3O. The van der Waals surface area contributed by atoms with Gasteiger partial charge in [-0.25, -0.2) is 9.97 Å². The SMILES string of the molecule is CCC[C@H](O)c1ncc2cc[nH]c2n1. The van der Waals surface area contributed by atoms with Gasteiger partial charge >= 0.3 is 0 Å². The number of aromatic nitrogens is 3. The molecule has 0 saturated carbocycles. The maximum absolute atomic E-state index is 9.68. The molecule has 0 bridgehead atoms. The number of nitrogens with zero attached hydrogens (tertiary/aromatic N) is 2. The molecule has 4 heteroatoms. The number of aliphatic hydroxyl groups is 1. The third-order valence-electron chi connectivity index (χ3n) is 2.18. The lowest BCUT2D eigenvalue weighted by Crippen LogP contribution is -2.02. The molecule has 1 atom stereocenters. The first kappa shape index (κ1) is 9.15. The van der Waals surface area contributed by atoms with Crippen LogP contribution in [-0.2, 0) is 0 Å². The Labute approximate surface area is 82.0 Å². The van der Waals surface area contributed by atoms with Gasteiger partial charge in [0.15, 0.2) is 5.82 Å². The highest BCUT2D eigenvalue weighted by atomic mass is 16.3. The van der Waals surface area contributed by atoms with Crippen molar-refractivity contribution in [1.82, 2.24) is 15.0 Å². The van der Waals surface area contributed by atoms with Gasteiger partial charge in [-0.05, 0) is 12.5 Å². The molecule has 0 aliphatic carbocycles. The second-order valence-corrected chi connectivity index (χ2v) is 3.31. The molecule has 2 aromatic heterocycles. The lowest BCUT2D eigenvalue weighted by Gasteiger charge is -2.06. The van der Waals surface area contributed by atoms with Gasteiger partial charge in [-0.3, -0.25) is 0 Å². The molecule has 4 nitrogen and oxygen atoms in total. The second kappa shape index (κ2) is 3.75. The maximum Gasteiger partial charge on any atom is 0.159 e. The number of hydrogen-bond donors (Lipinski definition) is 2. The van der Waals surface area contributed by atoms with E-state index in [1.54, 1.807) is 6.20 Å². The molecule has 14 heavy (non-hydrogen) atoms. The molecule has 0 aliphatic heterocycles. The standard InChI is InChI=1S/C10H13N3O/c1-2-3-8(14)10-12-6-7-4-5-11-9(7)13-10/h4-6,8,14H,2-3H2,1H3,(H,11,12,13)/t8-/m0/s1. The molecule has 0 fully saturated rings. The zero-order valence-electron chi connectivity index (χ0n) is 8.07. The summed E-state index contributed by atoms with van der Waals surface area (Å²) >= 11 is 0. The summed E-state index contributed by atoms with van der Waals surface area (Å²) in [5.74, 6) is 0.502. The Hall–Kier alpha value is -1.42. The number of nitrogens with one attached hydrogen (secondary N) is 1. The fourth-order valence-corrected chi connectivity index (χ4v) is 1.42. The average molecular weight is 191 g/mol. The van der Waals surface area contributed by atoms with Crippen LogP contribution in [0.3, 0.4) is 0 Å². The maximum atomic E-state index is 9.68. The number of H-pyrrole nitrogens is 1. The van der Waals surface area contributed by atoms with Gasteiger partial charge in [-0.1, -0.05) is 13.3 Å². The number of hydrogen-bond acceptors (Lipinski definition) is 3. The van der Waals surface area contributed by atoms with E-state index in [0.29, 0.717) is 12.2 Å². The van der Waals surface area contributed by atoms with E-state index in [1.807, 2.05) is 19.2 Å². The van der Waals surface area contributed by atoms with Crippen LogP contribution in [0.4, 0.5) is 0 Å². The van der Waals surface area contributed by atoms with E-state index in [4.69, 9.17) is 0 Å². The van der Waals surface area contributed by atoms with Crippen LogP contribution in [0.1, 0.15) is 31.7 Å². The fraction of sp³-hybridized carbons (Fsp3) is 0.400. The van der Waals surface area contributed by atoms with Crippen LogP contribution in [0, 0.1) is 0 Å². The predicted molar refractivity (Wildman–Crippen MR) is 53.8 cm³/mol. The molecule has 2 aromatic rings. The molecule has 2 heterocycles. The van der Waals surface area contributed by atoms with Crippen molar-refractivity contribution in [2.75, 3.05) is 0 Å². The Morgan fingerprint density at radius 2 is 2.43 bits per heavy atom. The van der Waals surface area contributed by atoms with E-state index in [1.165, 1.54) is 0 Å². The van der Waals surface area contributed by atoms with Gasteiger partial charge in [-0.2, -0.15) is 0 Å². The Balaban J connectivity index is 2.33. The summed E-state index contributed by atoms with van der Waals surface area (Å²) in [6.45, 7) is 2.02. The molecule has 0 aromatic carbocycles. The summed E-state index contributed by atoms with van der Waals surface area (Å²) in [6, 6.07) is 1.91. The normalized spacial score (nSPS) is 13.3. The fourth-order valence-electron chi connectivity index (χ4n) is 1.42. The first-order valence-electron chi connectivity index (χ1n) is 4.79. The first-order chi connectivity index (χ1) is 6.81. The average Bonchev–Trinajstić information content (AvgIpc) is 2.64. The largest absolute Gasteiger partial charge is 0.385 e. The van der Waals surface area contributed by atoms with Crippen molar-refractivity contribution in [1.29, 1.82) is 0 Å². The Kier molecular flexibility index (Phi) is 2.45. The zero-order chi connectivity index (χ0) is 9.97. The molecule has 74 valence electrons. The van der Waals surface area contributed by atoms with Gasteiger partial charge in [0.1, 0.15) is 11.8 Å². The van der Waals surface area contributed by atoms with E-state index >= 15 is 0 Å². The highest BCUT2D eigenvalue weighted by Crippen LogP contribution is 2.16. The van der Waals surface area contributed by atoms with E-state index in [-0.39, 0.29) is 0 Å². The number of aromatic amines is 1. The van der Waals surface area contributed by atoms with Crippen LogP contribution in [0.25, 0.3) is 11.0 Å². The zero-order valence-corrected chi connectivity index (χ0v) is 8.07. The van der Waals surface area contributed by atoms with Gasteiger partial charge in [-0.15, -0.1) is 0 Å². The number of aliphatic hydroxyl groups excluding tert-OH is 1. The molecular weight excluding hydrogens is 178 g/mol. The minimum Gasteiger partial charge on any atom is -0.385 e. The lowest BCUT2D eigenvalue weighted by atomic mass is 10.2. The van der Waals surface area contributed by atoms with E-state index < -0.39 is 6.10 Å². The second-order valence-electron chi connectivity index (χ2n) is 3.31. The Morgan fingerprint density at radius 1 is 1.57 bits per heavy atom. The highest BCUT2D eigenvalue weighted by molar-refractivity contribution is 5.73. The van der Waals surface area contributed by atoms with Crippen molar-refractivity contribution in [3.05, 3.63) is 24.3 Å². The molecule has 2 rings (SSSR count). The number of rotatable bonds is 3. The summed E-state index contributed by atoms with van der Waals surface area (Å²) in [5.41, 5.74) is 0.783. The Bertz CT molecular complexity index is 424. The number of fused-ring (bicyclic) bond motifs is 1. The predicted octanol–water partition coefficient (Wildman–Crippen LogP) is 1.79. The van der Waals surface area contributed by atoms with Crippen molar-refractivity contribution in [2.45, 2.75) is 25.9 Å². The minimum atomic E-state index is -0.548. The van der Waals surface area contributed by atoms with Crippen LogP contribution in [0.2, 0.25) is 0 Å². The van der Waals surface area contributed by atoms with Crippen LogP contribution in [0.15, 0.2) is 18.5 Å². The summed E-state index contributed by atoms with van der Waals surface area (Å²) in [7, 11) is 0. The minimum absolute atomic E-state index is 0.502. The third kappa shape index (κ3) is 1.61. The monoisotopic (exact) mass is 191 g/mol. The van der Waals surface area contributed by atoms with E-state index in [0.717, 1.165) is 17.5 Å². The molecule has 0 aliphatic rings. The van der Waals surface area contributed by atoms with E-state index in [2.05, 4.69) is 15.0 Å². The van der Waals surface area contributed by atoms with Crippen molar-refractivity contribution >= 4 is 11.0 Å². The van der Waals surface area contributed by atoms with Crippen molar-refractivity contribution in [3.8, 4) is 0 Å². The smallest absolute Gasteiger partial charge is 0.159 e. The third-order valence-corrected chi connectivity index (χ3v) is 2.18. The van der Waals surface area contributed by atoms with Crippen LogP contribution >= 0.6 is 0 Å². The van der Waals surface area contributed by atoms with Gasteiger partial charge in [0.25, 0.3) is 0 Å². The molecule has 2 N–H and O–H groups in total. The molecule has 0 amide bonds. The molecule has 0 unspecified atom stereocenters. The Morgan fingerprint density at radius 3 is 3.21 bits per heavy atom. The highest BCUT2D eigenvalue weighted by Gasteiger charge is 2.10. The lowest BCUT2D eigenvalue weighted by molar-refractivity contribution is 0.157. The van der Waals surface area contributed by atoms with Crippen LogP contribution in [-0.4, -0.2) is 20.1 Å². The summed E-state index contributed by atoms with van der Waals surface area (Å²) in [5, 5.41) is 10.6. The van der Waals surface area contributed by atoms with Crippen molar-refractivity contribution in [3.63, 3.8) is 0 Å². The summed E-state index contributed by atoms with van der Waals surface area (Å²) in [6.07, 6.45) is 4.62. The quantitative estimate of drug-likeness (QED) is 0.777. The first-order valence-corrected chi connectivity index (χ1v) is 4.79. The van der Waals surface area contributed by atoms with Crippen molar-refractivity contribution in [2.24, 2.45) is 0 Å². The molecule has 0 radical (unpaired) electrons. The van der Waals surface area contributed by atoms with Gasteiger partial charge in [0, 0.05) is 17.8 Å². The van der Waals surface area contributed by atoms with Gasteiger partial charge in [0.2, 0.25) is 0 Å². The summed E-state index contributed by atoms with van der Waals surface area (Å²) in [4.78, 5) is 11.3. The molecule has 0 saturated heterocycles. The van der Waals surface area contributed by atoms with Crippen molar-refractivity contribution < 1.29 is 5.11 Å². The molecule has 0 spiro atoms. The summed E-state index contributed by atoms with van der Waals surface area (Å²) < 4.78 is 0.